The zero-order valence-electron chi connectivity index (χ0n) is 45.2. The van der Waals surface area contributed by atoms with E-state index in [1.807, 2.05) is 0 Å². The molecule has 15 aromatic rings. The van der Waals surface area contributed by atoms with Crippen LogP contribution in [0.25, 0.3) is 99.5 Å². The van der Waals surface area contributed by atoms with Gasteiger partial charge in [-0.25, -0.2) is 0 Å². The van der Waals surface area contributed by atoms with Gasteiger partial charge in [0.2, 0.25) is 0 Å². The van der Waals surface area contributed by atoms with Crippen molar-refractivity contribution in [3.05, 3.63) is 342 Å². The van der Waals surface area contributed by atoms with E-state index in [1.54, 1.807) is 0 Å². The van der Waals surface area contributed by atoms with Crippen LogP contribution in [-0.2, 0) is 5.41 Å². The lowest BCUT2D eigenvalue weighted by molar-refractivity contribution is 0.767. The number of benzene rings is 13. The zero-order chi connectivity index (χ0) is 55.0. The summed E-state index contributed by atoms with van der Waals surface area (Å²) in [6.07, 6.45) is 0. The quantitative estimate of drug-likeness (QED) is 0.133. The maximum Gasteiger partial charge on any atom is 0.0714 e. The third-order valence-electron chi connectivity index (χ3n) is 17.2. The lowest BCUT2D eigenvalue weighted by Gasteiger charge is -2.34. The summed E-state index contributed by atoms with van der Waals surface area (Å²) in [6.45, 7) is 0. The van der Waals surface area contributed by atoms with Crippen LogP contribution in [0.2, 0.25) is 0 Å². The molecular formula is C79H52BrN3. The van der Waals surface area contributed by atoms with Crippen LogP contribution in [0, 0.1) is 0 Å². The smallest absolute Gasteiger partial charge is 0.0714 e. The van der Waals surface area contributed by atoms with Crippen molar-refractivity contribution in [3.8, 4) is 55.9 Å². The largest absolute Gasteiger partial charge is 0.310 e. The van der Waals surface area contributed by atoms with Crippen LogP contribution in [0.4, 0.5) is 17.1 Å². The fraction of sp³-hybridized carbons (Fsp3) is 0.0127. The number of fused-ring (bicyclic) bond motifs is 9. The minimum absolute atomic E-state index is 0.495. The van der Waals surface area contributed by atoms with Crippen LogP contribution in [0.3, 0.4) is 0 Å². The molecule has 2 heterocycles. The molecular weight excluding hydrogens is 1070 g/mol. The van der Waals surface area contributed by atoms with Crippen LogP contribution < -0.4 is 4.90 Å². The van der Waals surface area contributed by atoms with E-state index < -0.39 is 5.41 Å². The monoisotopic (exact) mass is 1120 g/mol. The summed E-state index contributed by atoms with van der Waals surface area (Å²) in [5, 5.41) is 4.85. The van der Waals surface area contributed by atoms with Gasteiger partial charge in [-0.15, -0.1) is 0 Å². The summed E-state index contributed by atoms with van der Waals surface area (Å²) < 4.78 is 5.92. The van der Waals surface area contributed by atoms with E-state index in [-0.39, 0.29) is 0 Å². The molecule has 83 heavy (non-hydrogen) atoms. The number of nitrogens with zero attached hydrogens (tertiary/aromatic N) is 3. The van der Waals surface area contributed by atoms with Crippen LogP contribution in [0.15, 0.2) is 320 Å². The predicted molar refractivity (Wildman–Crippen MR) is 351 cm³/mol. The molecule has 390 valence electrons. The van der Waals surface area contributed by atoms with E-state index in [9.17, 15) is 0 Å². The minimum Gasteiger partial charge on any atom is -0.310 e. The molecule has 0 aliphatic heterocycles. The molecule has 0 atom stereocenters. The molecule has 0 amide bonds. The average Bonchev–Trinajstić information content (AvgIpc) is 3.86. The highest BCUT2D eigenvalue weighted by atomic mass is 79.9. The Hall–Kier alpha value is -10.3. The lowest BCUT2D eigenvalue weighted by Crippen LogP contribution is -2.28. The van der Waals surface area contributed by atoms with E-state index in [1.165, 1.54) is 77.1 Å². The van der Waals surface area contributed by atoms with Gasteiger partial charge < -0.3 is 14.0 Å². The minimum atomic E-state index is -0.495. The summed E-state index contributed by atoms with van der Waals surface area (Å²) in [5.41, 5.74) is 24.3. The molecule has 0 bridgehead atoms. The summed E-state index contributed by atoms with van der Waals surface area (Å²) in [4.78, 5) is 2.36. The number of rotatable bonds is 10. The first-order chi connectivity index (χ1) is 41.1. The van der Waals surface area contributed by atoms with E-state index in [2.05, 4.69) is 345 Å². The fourth-order valence-corrected chi connectivity index (χ4v) is 14.1. The van der Waals surface area contributed by atoms with E-state index >= 15 is 0 Å². The van der Waals surface area contributed by atoms with Gasteiger partial charge in [0.05, 0.1) is 27.5 Å². The Bertz CT molecular complexity index is 4940. The zero-order valence-corrected chi connectivity index (χ0v) is 46.8. The molecule has 1 aliphatic rings. The molecule has 0 fully saturated rings. The van der Waals surface area contributed by atoms with Gasteiger partial charge in [0, 0.05) is 54.5 Å². The number of hydrogen-bond acceptors (Lipinski definition) is 1. The van der Waals surface area contributed by atoms with Gasteiger partial charge in [-0.3, -0.25) is 0 Å². The van der Waals surface area contributed by atoms with Crippen molar-refractivity contribution >= 4 is 76.6 Å². The van der Waals surface area contributed by atoms with E-state index in [0.717, 1.165) is 66.2 Å². The van der Waals surface area contributed by atoms with Crippen molar-refractivity contribution in [2.45, 2.75) is 5.41 Å². The van der Waals surface area contributed by atoms with Crippen molar-refractivity contribution < 1.29 is 0 Å². The van der Waals surface area contributed by atoms with Gasteiger partial charge in [-0.1, -0.05) is 222 Å². The second-order valence-corrected chi connectivity index (χ2v) is 22.7. The maximum absolute atomic E-state index is 3.99. The molecule has 0 unspecified atom stereocenters. The van der Waals surface area contributed by atoms with Crippen molar-refractivity contribution in [2.75, 3.05) is 4.90 Å². The highest BCUT2D eigenvalue weighted by Crippen LogP contribution is 2.57. The first kappa shape index (κ1) is 48.6. The third-order valence-corrected chi connectivity index (χ3v) is 17.6. The Morgan fingerprint density at radius 2 is 0.723 bits per heavy atom. The van der Waals surface area contributed by atoms with Gasteiger partial charge in [0.25, 0.3) is 0 Å². The summed E-state index contributed by atoms with van der Waals surface area (Å²) in [5.74, 6) is 0. The SMILES string of the molecule is Brc1cc(-c2ccc3c(c2)c2ccccc2n3-c2cccc(N(c3ccccc3)c3cccc(-c4ccccc4)c3)c2)cc(-c2ccc3c(c2)c2ccccc2n3-c2ccc3c(c2)C(c2ccccc2)(c2ccccc2)c2ccccc2-3)c1. The molecule has 0 saturated carbocycles. The second kappa shape index (κ2) is 19.8. The maximum atomic E-state index is 3.99. The lowest BCUT2D eigenvalue weighted by atomic mass is 9.67. The Morgan fingerprint density at radius 3 is 1.35 bits per heavy atom. The normalized spacial score (nSPS) is 12.5. The third kappa shape index (κ3) is 7.93. The Kier molecular flexibility index (Phi) is 11.6. The number of para-hydroxylation sites is 3. The van der Waals surface area contributed by atoms with Crippen molar-refractivity contribution in [1.82, 2.24) is 9.13 Å². The Morgan fingerprint density at radius 1 is 0.265 bits per heavy atom. The molecule has 0 N–H and O–H groups in total. The van der Waals surface area contributed by atoms with Gasteiger partial charge >= 0.3 is 0 Å². The van der Waals surface area contributed by atoms with Gasteiger partial charge in [-0.05, 0) is 176 Å². The standard InChI is InChI=1S/C79H52BrN3/c80-61-46-57(55-39-43-77-71(49-55)69-34-14-17-37-75(69)82(77)65-32-20-31-64(51-65)81(62-28-11-4-12-29-62)63-30-19-23-54(48-63)53-21-5-1-6-22-53)45-58(47-61)56-40-44-78-72(50-56)70-35-15-18-38-76(70)83(78)66-41-42-68-67-33-13-16-36-73(67)79(74(68)52-66,59-24-7-2-8-25-59)60-26-9-3-10-27-60/h1-52H. The molecule has 13 aromatic carbocycles. The highest BCUT2D eigenvalue weighted by Gasteiger charge is 2.46. The average molecular weight is 1120 g/mol. The van der Waals surface area contributed by atoms with Crippen LogP contribution >= 0.6 is 15.9 Å². The van der Waals surface area contributed by atoms with Gasteiger partial charge in [-0.2, -0.15) is 0 Å². The van der Waals surface area contributed by atoms with Crippen LogP contribution in [0.1, 0.15) is 22.3 Å². The molecule has 1 aliphatic carbocycles. The molecule has 16 rings (SSSR count). The number of halogens is 1. The van der Waals surface area contributed by atoms with Gasteiger partial charge in [0.1, 0.15) is 0 Å². The second-order valence-electron chi connectivity index (χ2n) is 21.8. The summed E-state index contributed by atoms with van der Waals surface area (Å²) >= 11 is 3.99. The molecule has 0 radical (unpaired) electrons. The molecule has 0 saturated heterocycles. The van der Waals surface area contributed by atoms with Gasteiger partial charge in [0.15, 0.2) is 0 Å². The number of anilines is 3. The Balaban J connectivity index is 0.787. The summed E-state index contributed by atoms with van der Waals surface area (Å²) in [7, 11) is 0. The van der Waals surface area contributed by atoms with Crippen molar-refractivity contribution in [3.63, 3.8) is 0 Å². The number of hydrogen-bond donors (Lipinski definition) is 0. The van der Waals surface area contributed by atoms with Crippen molar-refractivity contribution in [1.29, 1.82) is 0 Å². The molecule has 3 nitrogen and oxygen atoms in total. The van der Waals surface area contributed by atoms with E-state index in [4.69, 9.17) is 0 Å². The first-order valence-corrected chi connectivity index (χ1v) is 29.2. The number of aromatic nitrogens is 2. The molecule has 4 heteroatoms. The topological polar surface area (TPSA) is 13.1 Å². The summed E-state index contributed by atoms with van der Waals surface area (Å²) in [6, 6.07) is 116. The first-order valence-electron chi connectivity index (χ1n) is 28.4. The van der Waals surface area contributed by atoms with E-state index in [0.29, 0.717) is 0 Å². The van der Waals surface area contributed by atoms with Crippen LogP contribution in [0.5, 0.6) is 0 Å². The fourth-order valence-electron chi connectivity index (χ4n) is 13.6. The molecule has 2 aromatic heterocycles. The predicted octanol–water partition coefficient (Wildman–Crippen LogP) is 21.5. The Labute approximate surface area is 491 Å². The molecule has 0 spiro atoms. The highest BCUT2D eigenvalue weighted by molar-refractivity contribution is 9.10. The van der Waals surface area contributed by atoms with Crippen LogP contribution in [-0.4, -0.2) is 9.13 Å². The van der Waals surface area contributed by atoms with Crippen molar-refractivity contribution in [2.24, 2.45) is 0 Å².